The maximum absolute atomic E-state index is 9.76. The first-order chi connectivity index (χ1) is 7.18. The van der Waals surface area contributed by atoms with Crippen LogP contribution in [0, 0.1) is 0 Å². The van der Waals surface area contributed by atoms with Crippen LogP contribution in [0.4, 0.5) is 0 Å². The molecule has 0 saturated carbocycles. The molecular formula is C11H11BrClNOS. The number of rotatable bonds is 2. The minimum Gasteiger partial charge on any atom is -0.508 e. The van der Waals surface area contributed by atoms with Crippen molar-refractivity contribution in [3.8, 4) is 5.75 Å². The molecule has 0 aliphatic carbocycles. The van der Waals surface area contributed by atoms with Gasteiger partial charge in [0, 0.05) is 14.9 Å². The van der Waals surface area contributed by atoms with Gasteiger partial charge in [-0.2, -0.15) is 0 Å². The van der Waals surface area contributed by atoms with E-state index < -0.39 is 0 Å². The highest BCUT2D eigenvalue weighted by Crippen LogP contribution is 2.31. The number of phenols is 1. The average Bonchev–Trinajstić information content (AvgIpc) is 2.69. The molecule has 3 N–H and O–H groups in total. The first-order valence-electron chi connectivity index (χ1n) is 4.46. The van der Waals surface area contributed by atoms with E-state index >= 15 is 0 Å². The molecule has 2 rings (SSSR count). The van der Waals surface area contributed by atoms with Gasteiger partial charge in [-0.3, -0.25) is 0 Å². The zero-order valence-electron chi connectivity index (χ0n) is 8.26. The molecule has 0 aliphatic heterocycles. The van der Waals surface area contributed by atoms with E-state index in [0.717, 1.165) is 14.9 Å². The summed E-state index contributed by atoms with van der Waals surface area (Å²) in [6.07, 6.45) is 0. The standard InChI is InChI=1S/C11H10BrNOS.ClH/c12-7-3-4-8(9(14)6-7)11(13)10-2-1-5-15-10;/h1-6,11,14H,13H2;1H/t11-;/m1./s1. The number of thiophene rings is 1. The summed E-state index contributed by atoms with van der Waals surface area (Å²) in [4.78, 5) is 1.05. The molecule has 1 aromatic heterocycles. The van der Waals surface area contributed by atoms with Crippen molar-refractivity contribution in [2.45, 2.75) is 6.04 Å². The summed E-state index contributed by atoms with van der Waals surface area (Å²) in [5.41, 5.74) is 6.80. The number of phenolic OH excluding ortho intramolecular Hbond substituents is 1. The fraction of sp³-hybridized carbons (Fsp3) is 0.0909. The highest BCUT2D eigenvalue weighted by atomic mass is 79.9. The van der Waals surface area contributed by atoms with Gasteiger partial charge in [-0.05, 0) is 23.6 Å². The lowest BCUT2D eigenvalue weighted by Gasteiger charge is -2.11. The minimum absolute atomic E-state index is 0. The number of nitrogens with two attached hydrogens (primary N) is 1. The van der Waals surface area contributed by atoms with E-state index in [4.69, 9.17) is 5.73 Å². The number of benzene rings is 1. The van der Waals surface area contributed by atoms with E-state index in [1.54, 1.807) is 17.4 Å². The summed E-state index contributed by atoms with van der Waals surface area (Å²) in [6, 6.07) is 9.04. The fourth-order valence-corrected chi connectivity index (χ4v) is 2.50. The van der Waals surface area contributed by atoms with E-state index in [2.05, 4.69) is 15.9 Å². The molecule has 0 amide bonds. The minimum atomic E-state index is -0.252. The van der Waals surface area contributed by atoms with Crippen LogP contribution in [-0.4, -0.2) is 5.11 Å². The van der Waals surface area contributed by atoms with Gasteiger partial charge in [0.25, 0.3) is 0 Å². The Balaban J connectivity index is 0.00000128. The molecule has 1 heterocycles. The smallest absolute Gasteiger partial charge is 0.121 e. The highest BCUT2D eigenvalue weighted by Gasteiger charge is 2.13. The van der Waals surface area contributed by atoms with Gasteiger partial charge in [-0.1, -0.05) is 28.1 Å². The predicted octanol–water partition coefficient (Wildman–Crippen LogP) is 3.69. The van der Waals surface area contributed by atoms with Gasteiger partial charge >= 0.3 is 0 Å². The Labute approximate surface area is 113 Å². The summed E-state index contributed by atoms with van der Waals surface area (Å²) in [5, 5.41) is 11.7. The van der Waals surface area contributed by atoms with E-state index in [1.807, 2.05) is 29.6 Å². The normalized spacial score (nSPS) is 11.9. The van der Waals surface area contributed by atoms with Crippen LogP contribution in [0.2, 0.25) is 0 Å². The van der Waals surface area contributed by atoms with Gasteiger partial charge in [-0.15, -0.1) is 23.7 Å². The second kappa shape index (κ2) is 5.68. The zero-order chi connectivity index (χ0) is 10.8. The highest BCUT2D eigenvalue weighted by molar-refractivity contribution is 9.10. The van der Waals surface area contributed by atoms with Gasteiger partial charge in [0.2, 0.25) is 0 Å². The first-order valence-corrected chi connectivity index (χ1v) is 6.13. The zero-order valence-corrected chi connectivity index (χ0v) is 11.5. The lowest BCUT2D eigenvalue weighted by molar-refractivity contribution is 0.465. The predicted molar refractivity (Wildman–Crippen MR) is 73.4 cm³/mol. The third-order valence-electron chi connectivity index (χ3n) is 2.18. The molecule has 2 nitrogen and oxygen atoms in total. The van der Waals surface area contributed by atoms with Crippen LogP contribution in [-0.2, 0) is 0 Å². The molecule has 0 unspecified atom stereocenters. The van der Waals surface area contributed by atoms with Crippen molar-refractivity contribution in [1.29, 1.82) is 0 Å². The van der Waals surface area contributed by atoms with Crippen LogP contribution in [0.15, 0.2) is 40.2 Å². The average molecular weight is 321 g/mol. The molecule has 1 atom stereocenters. The maximum atomic E-state index is 9.76. The quantitative estimate of drug-likeness (QED) is 0.886. The van der Waals surface area contributed by atoms with Crippen molar-refractivity contribution in [2.75, 3.05) is 0 Å². The summed E-state index contributed by atoms with van der Waals surface area (Å²) in [7, 11) is 0. The topological polar surface area (TPSA) is 46.2 Å². The molecule has 0 fully saturated rings. The van der Waals surface area contributed by atoms with Crippen molar-refractivity contribution >= 4 is 39.7 Å². The van der Waals surface area contributed by atoms with E-state index in [-0.39, 0.29) is 24.2 Å². The van der Waals surface area contributed by atoms with Crippen LogP contribution in [0.1, 0.15) is 16.5 Å². The third-order valence-corrected chi connectivity index (χ3v) is 3.63. The molecule has 16 heavy (non-hydrogen) atoms. The van der Waals surface area contributed by atoms with Gasteiger partial charge in [0.15, 0.2) is 0 Å². The summed E-state index contributed by atoms with van der Waals surface area (Å²) >= 11 is 4.89. The monoisotopic (exact) mass is 319 g/mol. The first kappa shape index (κ1) is 13.5. The van der Waals surface area contributed by atoms with Crippen molar-refractivity contribution in [3.05, 3.63) is 50.6 Å². The summed E-state index contributed by atoms with van der Waals surface area (Å²) in [6.45, 7) is 0. The van der Waals surface area contributed by atoms with Gasteiger partial charge in [0.1, 0.15) is 5.75 Å². The van der Waals surface area contributed by atoms with Gasteiger partial charge < -0.3 is 10.8 Å². The molecule has 0 radical (unpaired) electrons. The second-order valence-corrected chi connectivity index (χ2v) is 5.09. The molecule has 0 spiro atoms. The Hall–Kier alpha value is -0.550. The molecular weight excluding hydrogens is 310 g/mol. The van der Waals surface area contributed by atoms with E-state index in [1.165, 1.54) is 0 Å². The Morgan fingerprint density at radius 1 is 1.31 bits per heavy atom. The Kier molecular flexibility index (Phi) is 4.80. The summed E-state index contributed by atoms with van der Waals surface area (Å²) in [5.74, 6) is 0.227. The number of hydrogen-bond donors (Lipinski definition) is 2. The van der Waals surface area contributed by atoms with Crippen molar-refractivity contribution in [3.63, 3.8) is 0 Å². The van der Waals surface area contributed by atoms with Gasteiger partial charge in [0.05, 0.1) is 6.04 Å². The summed E-state index contributed by atoms with van der Waals surface area (Å²) < 4.78 is 0.849. The third kappa shape index (κ3) is 2.77. The van der Waals surface area contributed by atoms with E-state index in [0.29, 0.717) is 0 Å². The Morgan fingerprint density at radius 2 is 2.06 bits per heavy atom. The SMILES string of the molecule is Cl.N[C@@H](c1cccs1)c1ccc(Br)cc1O. The Morgan fingerprint density at radius 3 is 2.62 bits per heavy atom. The van der Waals surface area contributed by atoms with Crippen LogP contribution < -0.4 is 5.73 Å². The largest absolute Gasteiger partial charge is 0.508 e. The number of aromatic hydroxyl groups is 1. The lowest BCUT2D eigenvalue weighted by atomic mass is 10.1. The molecule has 0 aliphatic rings. The fourth-order valence-electron chi connectivity index (χ4n) is 1.40. The van der Waals surface area contributed by atoms with Crippen LogP contribution in [0.25, 0.3) is 0 Å². The van der Waals surface area contributed by atoms with E-state index in [9.17, 15) is 5.11 Å². The second-order valence-electron chi connectivity index (χ2n) is 3.20. The van der Waals surface area contributed by atoms with Crippen LogP contribution in [0.5, 0.6) is 5.75 Å². The molecule has 5 heteroatoms. The van der Waals surface area contributed by atoms with Crippen molar-refractivity contribution < 1.29 is 5.11 Å². The van der Waals surface area contributed by atoms with Crippen LogP contribution in [0.3, 0.4) is 0 Å². The molecule has 86 valence electrons. The van der Waals surface area contributed by atoms with Crippen LogP contribution >= 0.6 is 39.7 Å². The molecule has 2 aromatic rings. The Bertz CT molecular complexity index is 461. The molecule has 0 bridgehead atoms. The molecule has 1 aromatic carbocycles. The lowest BCUT2D eigenvalue weighted by Crippen LogP contribution is -2.10. The van der Waals surface area contributed by atoms with Crippen molar-refractivity contribution in [1.82, 2.24) is 0 Å². The number of hydrogen-bond acceptors (Lipinski definition) is 3. The van der Waals surface area contributed by atoms with Crippen molar-refractivity contribution in [2.24, 2.45) is 5.73 Å². The number of halogens is 2. The molecule has 0 saturated heterocycles. The maximum Gasteiger partial charge on any atom is 0.121 e. The van der Waals surface area contributed by atoms with Gasteiger partial charge in [-0.25, -0.2) is 0 Å².